The molecule has 1 amide bonds. The van der Waals surface area contributed by atoms with Crippen LogP contribution in [0.1, 0.15) is 31.7 Å². The quantitative estimate of drug-likeness (QED) is 0.509. The topological polar surface area (TPSA) is 78.7 Å². The molecule has 0 aromatic heterocycles. The zero-order chi connectivity index (χ0) is 21.7. The number of nitro benzene ring substituents is 1. The Morgan fingerprint density at radius 3 is 2.60 bits per heavy atom. The van der Waals surface area contributed by atoms with Crippen molar-refractivity contribution in [3.05, 3.63) is 63.2 Å². The highest BCUT2D eigenvalue weighted by molar-refractivity contribution is 6.34. The van der Waals surface area contributed by atoms with E-state index in [1.54, 1.807) is 0 Å². The molecule has 8 heteroatoms. The molecule has 7 nitrogen and oxygen atoms in total. The first-order chi connectivity index (χ1) is 14.4. The van der Waals surface area contributed by atoms with Crippen molar-refractivity contribution < 1.29 is 9.72 Å². The maximum atomic E-state index is 12.7. The first kappa shape index (κ1) is 22.1. The van der Waals surface area contributed by atoms with Crippen molar-refractivity contribution in [2.24, 2.45) is 0 Å². The molecule has 1 aliphatic rings. The van der Waals surface area contributed by atoms with E-state index in [4.69, 9.17) is 11.6 Å². The molecule has 1 atom stereocenters. The zero-order valence-corrected chi connectivity index (χ0v) is 18.1. The number of carbonyl (C=O) groups is 1. The van der Waals surface area contributed by atoms with Gasteiger partial charge in [-0.2, -0.15) is 0 Å². The van der Waals surface area contributed by atoms with Crippen LogP contribution in [0, 0.1) is 10.1 Å². The predicted molar refractivity (Wildman–Crippen MR) is 120 cm³/mol. The van der Waals surface area contributed by atoms with E-state index in [0.29, 0.717) is 12.2 Å². The number of carbonyl (C=O) groups excluding carboxylic acids is 1. The lowest BCUT2D eigenvalue weighted by atomic mass is 10.1. The van der Waals surface area contributed by atoms with Crippen LogP contribution in [0.2, 0.25) is 5.02 Å². The smallest absolute Gasteiger partial charge is 0.271 e. The van der Waals surface area contributed by atoms with Gasteiger partial charge in [-0.25, -0.2) is 0 Å². The third-order valence-corrected chi connectivity index (χ3v) is 5.88. The van der Waals surface area contributed by atoms with Crippen molar-refractivity contribution >= 4 is 34.6 Å². The number of amides is 1. The average Bonchev–Trinajstić information content (AvgIpc) is 2.75. The van der Waals surface area contributed by atoms with Crippen LogP contribution < -0.4 is 10.2 Å². The molecule has 0 radical (unpaired) electrons. The summed E-state index contributed by atoms with van der Waals surface area (Å²) in [5, 5.41) is 13.8. The largest absolute Gasteiger partial charge is 0.371 e. The molecule has 0 saturated carbocycles. The van der Waals surface area contributed by atoms with Gasteiger partial charge in [-0.05, 0) is 50.9 Å². The van der Waals surface area contributed by atoms with Gasteiger partial charge in [-0.3, -0.25) is 19.8 Å². The number of hydrogen-bond donors (Lipinski definition) is 1. The molecule has 30 heavy (non-hydrogen) atoms. The standard InChI is InChI=1S/C22H27ClN4O3/c1-16(22(28)24-20-11-10-18(27(29)30)14-19(20)23)25(2)15-17-8-4-5-9-21(17)26-12-6-3-7-13-26/h4-5,8-11,14,16H,3,6-7,12-13,15H2,1-2H3,(H,24,28)/t16-/m0/s1. The normalized spacial score (nSPS) is 15.1. The predicted octanol–water partition coefficient (Wildman–Crippen LogP) is 4.70. The van der Waals surface area contributed by atoms with Gasteiger partial charge in [0.05, 0.1) is 21.7 Å². The average molecular weight is 431 g/mol. The summed E-state index contributed by atoms with van der Waals surface area (Å²) in [6.07, 6.45) is 3.69. The number of nitrogens with zero attached hydrogens (tertiary/aromatic N) is 3. The first-order valence-corrected chi connectivity index (χ1v) is 10.5. The number of nitro groups is 1. The highest BCUT2D eigenvalue weighted by Crippen LogP contribution is 2.28. The zero-order valence-electron chi connectivity index (χ0n) is 17.3. The Balaban J connectivity index is 1.67. The van der Waals surface area contributed by atoms with Crippen LogP contribution in [-0.4, -0.2) is 41.9 Å². The van der Waals surface area contributed by atoms with Gasteiger partial charge >= 0.3 is 0 Å². The van der Waals surface area contributed by atoms with Gasteiger partial charge < -0.3 is 10.2 Å². The van der Waals surface area contributed by atoms with Crippen molar-refractivity contribution in [2.45, 2.75) is 38.8 Å². The van der Waals surface area contributed by atoms with E-state index in [1.807, 2.05) is 24.9 Å². The van der Waals surface area contributed by atoms with E-state index in [2.05, 4.69) is 28.4 Å². The molecule has 1 fully saturated rings. The summed E-state index contributed by atoms with van der Waals surface area (Å²) >= 11 is 6.10. The van der Waals surface area contributed by atoms with E-state index in [0.717, 1.165) is 13.1 Å². The summed E-state index contributed by atoms with van der Waals surface area (Å²) in [5.74, 6) is -0.219. The van der Waals surface area contributed by atoms with E-state index >= 15 is 0 Å². The van der Waals surface area contributed by atoms with Crippen LogP contribution in [0.25, 0.3) is 0 Å². The summed E-state index contributed by atoms with van der Waals surface area (Å²) in [6, 6.07) is 11.9. The van der Waals surface area contributed by atoms with Crippen LogP contribution in [0.15, 0.2) is 42.5 Å². The third kappa shape index (κ3) is 5.29. The van der Waals surface area contributed by atoms with Gasteiger partial charge in [0, 0.05) is 37.5 Å². The molecule has 0 unspecified atom stereocenters. The number of likely N-dealkylation sites (N-methyl/N-ethyl adjacent to an activating group) is 1. The highest BCUT2D eigenvalue weighted by atomic mass is 35.5. The monoisotopic (exact) mass is 430 g/mol. The Labute approximate surface area is 181 Å². The minimum atomic E-state index is -0.520. The van der Waals surface area contributed by atoms with Gasteiger partial charge in [0.15, 0.2) is 0 Å². The van der Waals surface area contributed by atoms with E-state index in [9.17, 15) is 14.9 Å². The molecule has 0 aliphatic carbocycles. The van der Waals surface area contributed by atoms with Gasteiger partial charge in [-0.1, -0.05) is 29.8 Å². The number of halogens is 1. The molecule has 2 aromatic carbocycles. The maximum Gasteiger partial charge on any atom is 0.271 e. The molecule has 0 spiro atoms. The Morgan fingerprint density at radius 1 is 1.23 bits per heavy atom. The summed E-state index contributed by atoms with van der Waals surface area (Å²) < 4.78 is 0. The molecule has 1 N–H and O–H groups in total. The van der Waals surface area contributed by atoms with Gasteiger partial charge in [0.25, 0.3) is 5.69 Å². The molecular formula is C22H27ClN4O3. The fourth-order valence-corrected chi connectivity index (χ4v) is 3.87. The lowest BCUT2D eigenvalue weighted by Gasteiger charge is -2.32. The number of anilines is 2. The van der Waals surface area contributed by atoms with E-state index < -0.39 is 11.0 Å². The molecule has 0 bridgehead atoms. The highest BCUT2D eigenvalue weighted by Gasteiger charge is 2.22. The van der Waals surface area contributed by atoms with Crippen molar-refractivity contribution in [2.75, 3.05) is 30.4 Å². The second-order valence-electron chi connectivity index (χ2n) is 7.68. The number of para-hydroxylation sites is 1. The minimum Gasteiger partial charge on any atom is -0.371 e. The van der Waals surface area contributed by atoms with Crippen molar-refractivity contribution in [3.63, 3.8) is 0 Å². The second kappa shape index (κ2) is 9.91. The van der Waals surface area contributed by atoms with Crippen LogP contribution in [0.3, 0.4) is 0 Å². The molecule has 2 aromatic rings. The van der Waals surface area contributed by atoms with Crippen molar-refractivity contribution in [3.8, 4) is 0 Å². The number of non-ortho nitro benzene ring substituents is 1. The summed E-state index contributed by atoms with van der Waals surface area (Å²) in [5.41, 5.74) is 2.67. The van der Waals surface area contributed by atoms with Crippen LogP contribution >= 0.6 is 11.6 Å². The SMILES string of the molecule is C[C@@H](C(=O)Nc1ccc([N+](=O)[O-])cc1Cl)N(C)Cc1ccccc1N1CCCCC1. The fraction of sp³-hybridized carbons (Fsp3) is 0.409. The van der Waals surface area contributed by atoms with Crippen LogP contribution in [0.5, 0.6) is 0 Å². The number of piperidine rings is 1. The number of rotatable bonds is 7. The fourth-order valence-electron chi connectivity index (χ4n) is 3.65. The Hall–Kier alpha value is -2.64. The Bertz CT molecular complexity index is 915. The van der Waals surface area contributed by atoms with E-state index in [-0.39, 0.29) is 16.6 Å². The van der Waals surface area contributed by atoms with Crippen molar-refractivity contribution in [1.82, 2.24) is 4.90 Å². The molecule has 1 aliphatic heterocycles. The summed E-state index contributed by atoms with van der Waals surface area (Å²) in [6.45, 7) is 4.60. The van der Waals surface area contributed by atoms with Gasteiger partial charge in [0.2, 0.25) is 5.91 Å². The summed E-state index contributed by atoms with van der Waals surface area (Å²) in [7, 11) is 1.91. The van der Waals surface area contributed by atoms with E-state index in [1.165, 1.54) is 48.7 Å². The third-order valence-electron chi connectivity index (χ3n) is 5.57. The van der Waals surface area contributed by atoms with Gasteiger partial charge in [0.1, 0.15) is 0 Å². The molecular weight excluding hydrogens is 404 g/mol. The Morgan fingerprint density at radius 2 is 1.93 bits per heavy atom. The number of nitrogens with one attached hydrogen (secondary N) is 1. The molecule has 1 saturated heterocycles. The van der Waals surface area contributed by atoms with Crippen LogP contribution in [-0.2, 0) is 11.3 Å². The lowest BCUT2D eigenvalue weighted by Crippen LogP contribution is -2.39. The number of hydrogen-bond acceptors (Lipinski definition) is 5. The summed E-state index contributed by atoms with van der Waals surface area (Å²) in [4.78, 5) is 27.5. The van der Waals surface area contributed by atoms with Crippen LogP contribution in [0.4, 0.5) is 17.1 Å². The minimum absolute atomic E-state index is 0.113. The van der Waals surface area contributed by atoms with Crippen molar-refractivity contribution in [1.29, 1.82) is 0 Å². The molecule has 3 rings (SSSR count). The van der Waals surface area contributed by atoms with Gasteiger partial charge in [-0.15, -0.1) is 0 Å². The molecule has 1 heterocycles. The molecule has 160 valence electrons. The Kier molecular flexibility index (Phi) is 7.29. The first-order valence-electron chi connectivity index (χ1n) is 10.1. The lowest BCUT2D eigenvalue weighted by molar-refractivity contribution is -0.384. The second-order valence-corrected chi connectivity index (χ2v) is 8.09. The number of benzene rings is 2. The maximum absolute atomic E-state index is 12.7.